The average molecular weight is 478 g/mol. The summed E-state index contributed by atoms with van der Waals surface area (Å²) in [6.45, 7) is 3.45. The van der Waals surface area contributed by atoms with Crippen molar-refractivity contribution in [3.63, 3.8) is 0 Å². The van der Waals surface area contributed by atoms with E-state index in [1.165, 1.54) is 28.0 Å². The van der Waals surface area contributed by atoms with Gasteiger partial charge in [0.05, 0.1) is 22.4 Å². The van der Waals surface area contributed by atoms with Crippen molar-refractivity contribution < 1.29 is 27.5 Å². The zero-order valence-electron chi connectivity index (χ0n) is 18.1. The Kier molecular flexibility index (Phi) is 4.77. The molecule has 0 radical (unpaired) electrons. The lowest BCUT2D eigenvalue weighted by Gasteiger charge is -2.38. The Morgan fingerprint density at radius 1 is 1.20 bits per heavy atom. The fraction of sp³-hybridized carbons (Fsp3) is 0.160. The molecule has 10 heteroatoms. The molecule has 0 saturated carbocycles. The van der Waals surface area contributed by atoms with Gasteiger partial charge in [-0.1, -0.05) is 30.3 Å². The molecule has 7 nitrogen and oxygen atoms in total. The lowest BCUT2D eigenvalue weighted by atomic mass is 9.67. The number of nitrogens with two attached hydrogens (primary N) is 1. The van der Waals surface area contributed by atoms with Crippen LogP contribution in [-0.4, -0.2) is 25.0 Å². The van der Waals surface area contributed by atoms with Gasteiger partial charge in [0.1, 0.15) is 23.9 Å². The molecule has 2 aromatic rings. The minimum absolute atomic E-state index is 0.0209. The van der Waals surface area contributed by atoms with Crippen molar-refractivity contribution in [3.05, 3.63) is 95.0 Å². The standard InChI is InChI=1S/C25H17F3N4O3/c1-2-10-31-18-9-4-3-8-16(18)24(23(31)34)17(12-29)21(30)32(19-13-35-22(33)20(19)24)15-7-5-6-14(11-15)25(26,27)28/h2-9,11H,1,10,13,30H2. The second-order valence-corrected chi connectivity index (χ2v) is 8.12. The van der Waals surface area contributed by atoms with Crippen molar-refractivity contribution in [2.75, 3.05) is 23.0 Å². The number of amides is 1. The number of alkyl halides is 3. The number of cyclic esters (lactones) is 1. The zero-order chi connectivity index (χ0) is 25.1. The summed E-state index contributed by atoms with van der Waals surface area (Å²) in [5, 5.41) is 10.2. The molecule has 3 aliphatic heterocycles. The topological polar surface area (TPSA) is 99.7 Å². The first kappa shape index (κ1) is 22.3. The monoisotopic (exact) mass is 478 g/mol. The molecule has 1 spiro atoms. The smallest absolute Gasteiger partial charge is 0.416 e. The van der Waals surface area contributed by atoms with Gasteiger partial charge in [0.15, 0.2) is 0 Å². The molecule has 0 aromatic heterocycles. The van der Waals surface area contributed by atoms with Crippen LogP contribution in [0.3, 0.4) is 0 Å². The number of carbonyl (C=O) groups excluding carboxylic acids is 2. The number of hydrogen-bond acceptors (Lipinski definition) is 6. The summed E-state index contributed by atoms with van der Waals surface area (Å²) in [5.74, 6) is -1.69. The second-order valence-electron chi connectivity index (χ2n) is 8.12. The summed E-state index contributed by atoms with van der Waals surface area (Å²) < 4.78 is 45.5. The molecule has 3 heterocycles. The highest BCUT2D eigenvalue weighted by Crippen LogP contribution is 2.56. The first-order valence-corrected chi connectivity index (χ1v) is 10.5. The van der Waals surface area contributed by atoms with E-state index in [1.807, 2.05) is 6.07 Å². The minimum Gasteiger partial charge on any atom is -0.456 e. The van der Waals surface area contributed by atoms with Crippen LogP contribution in [0.15, 0.2) is 83.9 Å². The lowest BCUT2D eigenvalue weighted by Crippen LogP contribution is -2.50. The molecule has 1 unspecified atom stereocenters. The van der Waals surface area contributed by atoms with E-state index in [2.05, 4.69) is 6.58 Å². The predicted molar refractivity (Wildman–Crippen MR) is 119 cm³/mol. The Bertz CT molecular complexity index is 1420. The number of carbonyl (C=O) groups is 2. The summed E-state index contributed by atoms with van der Waals surface area (Å²) in [6.07, 6.45) is -3.12. The molecule has 1 amide bonds. The number of para-hydroxylation sites is 1. The largest absolute Gasteiger partial charge is 0.456 e. The Labute approximate surface area is 197 Å². The van der Waals surface area contributed by atoms with Crippen molar-refractivity contribution in [2.24, 2.45) is 5.73 Å². The number of benzene rings is 2. The van der Waals surface area contributed by atoms with Crippen LogP contribution in [0.2, 0.25) is 0 Å². The third-order valence-corrected chi connectivity index (χ3v) is 6.37. The number of esters is 1. The highest BCUT2D eigenvalue weighted by molar-refractivity contribution is 6.20. The van der Waals surface area contributed by atoms with Crippen LogP contribution in [0.5, 0.6) is 0 Å². The number of nitrogens with zero attached hydrogens (tertiary/aromatic N) is 3. The van der Waals surface area contributed by atoms with Gasteiger partial charge in [-0.05, 0) is 24.3 Å². The van der Waals surface area contributed by atoms with Gasteiger partial charge >= 0.3 is 12.1 Å². The molecule has 176 valence electrons. The van der Waals surface area contributed by atoms with Gasteiger partial charge in [0.2, 0.25) is 5.91 Å². The summed E-state index contributed by atoms with van der Waals surface area (Å²) in [5.41, 5.74) is 4.12. The summed E-state index contributed by atoms with van der Waals surface area (Å²) >= 11 is 0. The fourth-order valence-corrected chi connectivity index (χ4v) is 5.02. The summed E-state index contributed by atoms with van der Waals surface area (Å²) in [7, 11) is 0. The number of fused-ring (bicyclic) bond motifs is 3. The third kappa shape index (κ3) is 2.84. The van der Waals surface area contributed by atoms with Gasteiger partial charge in [-0.3, -0.25) is 9.69 Å². The van der Waals surface area contributed by atoms with E-state index in [0.717, 1.165) is 12.1 Å². The molecule has 2 N–H and O–H groups in total. The Balaban J connectivity index is 1.83. The number of hydrogen-bond donors (Lipinski definition) is 1. The van der Waals surface area contributed by atoms with Crippen LogP contribution in [-0.2, 0) is 25.9 Å². The van der Waals surface area contributed by atoms with Gasteiger partial charge < -0.3 is 15.4 Å². The Morgan fingerprint density at radius 2 is 1.94 bits per heavy atom. The molecule has 2 aromatic carbocycles. The van der Waals surface area contributed by atoms with Gasteiger partial charge in [-0.15, -0.1) is 6.58 Å². The molecule has 0 bridgehead atoms. The zero-order valence-corrected chi connectivity index (χ0v) is 18.1. The molecule has 5 rings (SSSR count). The Hall–Kier alpha value is -4.52. The summed E-state index contributed by atoms with van der Waals surface area (Å²) in [6, 6.07) is 13.0. The number of ether oxygens (including phenoxy) is 1. The number of nitriles is 1. The predicted octanol–water partition coefficient (Wildman–Crippen LogP) is 3.50. The van der Waals surface area contributed by atoms with Crippen LogP contribution in [0.25, 0.3) is 0 Å². The molecule has 1 atom stereocenters. The maximum absolute atomic E-state index is 14.0. The highest BCUT2D eigenvalue weighted by Gasteiger charge is 2.63. The second kappa shape index (κ2) is 7.50. The lowest BCUT2D eigenvalue weighted by molar-refractivity contribution is -0.138. The normalized spacial score (nSPS) is 21.3. The third-order valence-electron chi connectivity index (χ3n) is 6.37. The SMILES string of the molecule is C=CCN1C(=O)C2(C(C#N)=C(N)N(c3cccc(C(F)(F)F)c3)C3=C2C(=O)OC3)c2ccccc21. The number of halogens is 3. The molecule has 35 heavy (non-hydrogen) atoms. The Morgan fingerprint density at radius 3 is 2.63 bits per heavy atom. The van der Waals surface area contributed by atoms with Crippen molar-refractivity contribution in [1.82, 2.24) is 0 Å². The van der Waals surface area contributed by atoms with Crippen LogP contribution < -0.4 is 15.5 Å². The van der Waals surface area contributed by atoms with E-state index >= 15 is 0 Å². The highest BCUT2D eigenvalue weighted by atomic mass is 19.4. The van der Waals surface area contributed by atoms with Gasteiger partial charge in [-0.25, -0.2) is 4.79 Å². The van der Waals surface area contributed by atoms with Gasteiger partial charge in [-0.2, -0.15) is 18.4 Å². The van der Waals surface area contributed by atoms with Crippen LogP contribution in [0.4, 0.5) is 24.5 Å². The van der Waals surface area contributed by atoms with Crippen molar-refractivity contribution >= 4 is 23.3 Å². The van der Waals surface area contributed by atoms with E-state index in [-0.39, 0.29) is 41.5 Å². The molecule has 0 fully saturated rings. The van der Waals surface area contributed by atoms with Crippen molar-refractivity contribution in [1.29, 1.82) is 5.26 Å². The first-order chi connectivity index (χ1) is 16.7. The summed E-state index contributed by atoms with van der Waals surface area (Å²) in [4.78, 5) is 29.7. The minimum atomic E-state index is -4.63. The average Bonchev–Trinajstić information content (AvgIpc) is 3.32. The molecule has 0 saturated heterocycles. The molecule has 0 aliphatic carbocycles. The van der Waals surface area contributed by atoms with Crippen LogP contribution in [0, 0.1) is 11.3 Å². The molecular weight excluding hydrogens is 461 g/mol. The first-order valence-electron chi connectivity index (χ1n) is 10.5. The van der Waals surface area contributed by atoms with Crippen molar-refractivity contribution in [3.8, 4) is 6.07 Å². The number of rotatable bonds is 3. The fourth-order valence-electron chi connectivity index (χ4n) is 5.02. The van der Waals surface area contributed by atoms with E-state index in [9.17, 15) is 28.0 Å². The maximum Gasteiger partial charge on any atom is 0.416 e. The van der Waals surface area contributed by atoms with Gasteiger partial charge in [0.25, 0.3) is 0 Å². The van der Waals surface area contributed by atoms with E-state index in [4.69, 9.17) is 10.5 Å². The van der Waals surface area contributed by atoms with Crippen molar-refractivity contribution in [2.45, 2.75) is 11.6 Å². The quantitative estimate of drug-likeness (QED) is 0.536. The van der Waals surface area contributed by atoms with Crippen LogP contribution in [0.1, 0.15) is 11.1 Å². The van der Waals surface area contributed by atoms with Gasteiger partial charge in [0, 0.05) is 23.5 Å². The number of anilines is 2. The van der Waals surface area contributed by atoms with E-state index < -0.39 is 29.0 Å². The van der Waals surface area contributed by atoms with Crippen LogP contribution >= 0.6 is 0 Å². The van der Waals surface area contributed by atoms with E-state index in [0.29, 0.717) is 11.3 Å². The molecule has 3 aliphatic rings. The van der Waals surface area contributed by atoms with E-state index in [1.54, 1.807) is 24.3 Å². The maximum atomic E-state index is 14.0. The molecular formula is C25H17F3N4O3.